The van der Waals surface area contributed by atoms with E-state index in [4.69, 9.17) is 0 Å². The second-order valence-electron chi connectivity index (χ2n) is 6.84. The molecule has 1 aliphatic heterocycles. The van der Waals surface area contributed by atoms with Gasteiger partial charge in [-0.15, -0.1) is 0 Å². The van der Waals surface area contributed by atoms with E-state index in [1.807, 2.05) is 0 Å². The first-order valence-electron chi connectivity index (χ1n) is 8.99. The molecule has 32 heavy (non-hydrogen) atoms. The molecule has 0 unspecified atom stereocenters. The van der Waals surface area contributed by atoms with Gasteiger partial charge in [0.05, 0.1) is 11.6 Å². The van der Waals surface area contributed by atoms with E-state index in [1.54, 1.807) is 67.0 Å². The van der Waals surface area contributed by atoms with Crippen LogP contribution in [0.5, 0.6) is 0 Å². The summed E-state index contributed by atoms with van der Waals surface area (Å²) < 4.78 is 69.6. The van der Waals surface area contributed by atoms with Gasteiger partial charge in [0.1, 0.15) is 37.6 Å². The number of allylic oxidation sites excluding steroid dienone is 3. The molecule has 0 fully saturated rings. The summed E-state index contributed by atoms with van der Waals surface area (Å²) in [4.78, 5) is 7.17. The molecule has 4 heterocycles. The van der Waals surface area contributed by atoms with Gasteiger partial charge in [-0.25, -0.2) is 26.4 Å². The first-order valence-corrected chi connectivity index (χ1v) is 12.1. The van der Waals surface area contributed by atoms with Gasteiger partial charge in [0, 0.05) is 17.5 Å². The SMILES string of the molecule is O=S(=O)([O-])CN1C(=CC=Cc2ccc3cc[nH]c3[n+]2CS(=O)(=O)[O-])C=Cc2cc[nH]c21.[K+]. The van der Waals surface area contributed by atoms with E-state index in [9.17, 15) is 25.9 Å². The molecule has 2 N–H and O–H groups in total. The predicted octanol–water partition coefficient (Wildman–Crippen LogP) is -1.78. The van der Waals surface area contributed by atoms with Crippen molar-refractivity contribution >= 4 is 49.2 Å². The molecule has 0 aliphatic carbocycles. The third kappa shape index (κ3) is 5.86. The molecule has 13 heteroatoms. The van der Waals surface area contributed by atoms with E-state index in [0.717, 1.165) is 10.9 Å². The zero-order chi connectivity index (χ0) is 22.2. The third-order valence-electron chi connectivity index (χ3n) is 4.65. The van der Waals surface area contributed by atoms with Gasteiger partial charge >= 0.3 is 51.4 Å². The average molecular weight is 501 g/mol. The van der Waals surface area contributed by atoms with Crippen LogP contribution in [0.25, 0.3) is 23.2 Å². The van der Waals surface area contributed by atoms with Crippen molar-refractivity contribution in [3.63, 3.8) is 0 Å². The van der Waals surface area contributed by atoms with Crippen molar-refractivity contribution < 1.29 is 81.9 Å². The number of nitrogens with zero attached hydrogens (tertiary/aromatic N) is 2. The maximum Gasteiger partial charge on any atom is 1.00 e. The number of aromatic amines is 2. The average Bonchev–Trinajstić information content (AvgIpc) is 3.32. The molecule has 10 nitrogen and oxygen atoms in total. The predicted molar refractivity (Wildman–Crippen MR) is 112 cm³/mol. The Morgan fingerprint density at radius 1 is 0.969 bits per heavy atom. The normalized spacial score (nSPS) is 15.4. The fourth-order valence-corrected chi connectivity index (χ4v) is 4.59. The number of nitrogens with one attached hydrogen (secondary N) is 2. The van der Waals surface area contributed by atoms with Crippen LogP contribution in [-0.4, -0.2) is 41.8 Å². The van der Waals surface area contributed by atoms with Crippen LogP contribution in [0, 0.1) is 0 Å². The number of hydrogen-bond donors (Lipinski definition) is 2. The maximum atomic E-state index is 11.4. The van der Waals surface area contributed by atoms with E-state index in [0.29, 0.717) is 22.9 Å². The monoisotopic (exact) mass is 500 g/mol. The van der Waals surface area contributed by atoms with Crippen molar-refractivity contribution in [2.24, 2.45) is 0 Å². The van der Waals surface area contributed by atoms with Gasteiger partial charge in [0.2, 0.25) is 0 Å². The number of aromatic nitrogens is 3. The number of anilines is 1. The molecule has 162 valence electrons. The summed E-state index contributed by atoms with van der Waals surface area (Å²) in [6.45, 7) is 0. The van der Waals surface area contributed by atoms with Crippen LogP contribution >= 0.6 is 0 Å². The van der Waals surface area contributed by atoms with Crippen LogP contribution in [0.1, 0.15) is 11.3 Å². The summed E-state index contributed by atoms with van der Waals surface area (Å²) in [5.41, 5.74) is 2.09. The minimum atomic E-state index is -4.55. The largest absolute Gasteiger partial charge is 1.00 e. The molecule has 0 radical (unpaired) electrons. The van der Waals surface area contributed by atoms with Crippen molar-refractivity contribution in [3.8, 4) is 0 Å². The van der Waals surface area contributed by atoms with Crippen LogP contribution in [0.2, 0.25) is 0 Å². The summed E-state index contributed by atoms with van der Waals surface area (Å²) in [7, 11) is -9.10. The number of H-pyrrole nitrogens is 2. The van der Waals surface area contributed by atoms with Crippen LogP contribution in [0.15, 0.2) is 60.6 Å². The molecular weight excluding hydrogens is 483 g/mol. The van der Waals surface area contributed by atoms with E-state index in [2.05, 4.69) is 9.97 Å². The number of pyridine rings is 1. The second kappa shape index (κ2) is 9.75. The Morgan fingerprint density at radius 3 is 2.44 bits per heavy atom. The molecule has 4 rings (SSSR count). The molecular formula is C19H17KN4O6S2. The van der Waals surface area contributed by atoms with Gasteiger partial charge in [0.15, 0.2) is 5.88 Å². The van der Waals surface area contributed by atoms with Crippen molar-refractivity contribution in [2.75, 3.05) is 10.8 Å². The van der Waals surface area contributed by atoms with Crippen LogP contribution in [-0.2, 0) is 26.1 Å². The molecule has 3 aromatic rings. The van der Waals surface area contributed by atoms with Crippen molar-refractivity contribution in [1.29, 1.82) is 0 Å². The number of rotatable bonds is 6. The first kappa shape index (κ1) is 25.1. The summed E-state index contributed by atoms with van der Waals surface area (Å²) in [5.74, 6) is -1.04. The first-order chi connectivity index (χ1) is 14.6. The molecule has 0 saturated carbocycles. The molecule has 0 aromatic carbocycles. The number of fused-ring (bicyclic) bond motifs is 2. The zero-order valence-corrected chi connectivity index (χ0v) is 21.7. The quantitative estimate of drug-likeness (QED) is 0.231. The topological polar surface area (TPSA) is 153 Å². The Balaban J connectivity index is 0.00000289. The number of hydrogen-bond acceptors (Lipinski definition) is 7. The Hall–Kier alpha value is -1.55. The van der Waals surface area contributed by atoms with Crippen molar-refractivity contribution in [2.45, 2.75) is 5.88 Å². The summed E-state index contributed by atoms with van der Waals surface area (Å²) in [6, 6.07) is 6.94. The molecule has 0 amide bonds. The van der Waals surface area contributed by atoms with Gasteiger partial charge in [-0.3, -0.25) is 0 Å². The molecule has 0 saturated heterocycles. The summed E-state index contributed by atoms with van der Waals surface area (Å²) in [6.07, 6.45) is 11.5. The fraction of sp³-hybridized carbons (Fsp3) is 0.105. The molecule has 0 atom stereocenters. The van der Waals surface area contributed by atoms with Crippen molar-refractivity contribution in [1.82, 2.24) is 9.97 Å². The zero-order valence-electron chi connectivity index (χ0n) is 16.9. The van der Waals surface area contributed by atoms with Crippen molar-refractivity contribution in [3.05, 3.63) is 71.8 Å². The Kier molecular flexibility index (Phi) is 7.64. The molecule has 0 bridgehead atoms. The van der Waals surface area contributed by atoms with Crippen LogP contribution < -0.4 is 60.9 Å². The van der Waals surface area contributed by atoms with Crippen LogP contribution in [0.3, 0.4) is 0 Å². The van der Waals surface area contributed by atoms with Crippen LogP contribution in [0.4, 0.5) is 5.82 Å². The molecule has 3 aromatic heterocycles. The summed E-state index contributed by atoms with van der Waals surface area (Å²) >= 11 is 0. The summed E-state index contributed by atoms with van der Waals surface area (Å²) in [5, 5.41) is 0.737. The fourth-order valence-electron chi connectivity index (χ4n) is 3.40. The van der Waals surface area contributed by atoms with Gasteiger partial charge in [-0.05, 0) is 48.6 Å². The van der Waals surface area contributed by atoms with E-state index < -0.39 is 32.0 Å². The van der Waals surface area contributed by atoms with Gasteiger partial charge in [-0.2, -0.15) is 0 Å². The molecule has 1 aliphatic rings. The van der Waals surface area contributed by atoms with Gasteiger partial charge in [0.25, 0.3) is 5.65 Å². The van der Waals surface area contributed by atoms with E-state index in [-0.39, 0.29) is 51.4 Å². The second-order valence-corrected chi connectivity index (χ2v) is 9.58. The Bertz CT molecular complexity index is 1450. The van der Waals surface area contributed by atoms with Gasteiger partial charge < -0.3 is 19.0 Å². The Labute approximate surface area is 227 Å². The smallest absolute Gasteiger partial charge is 0.747 e. The van der Waals surface area contributed by atoms with Gasteiger partial charge in [-0.1, -0.05) is 6.08 Å². The Morgan fingerprint density at radius 2 is 1.72 bits per heavy atom. The maximum absolute atomic E-state index is 11.4. The minimum absolute atomic E-state index is 0. The third-order valence-corrected chi connectivity index (χ3v) is 5.80. The van der Waals surface area contributed by atoms with E-state index >= 15 is 0 Å². The standard InChI is InChI=1S/C19H18N4O6S2.K/c24-30(25,26)12-22-16(6-4-14-8-10-20-18(14)22)2-1-3-17-7-5-15-9-11-21-19(15)23(17)13-31(27,28)29;/h1-11H,12-13H2,(H3,20,21,24,25,26,27,28,29);/q;+1/p-1. The minimum Gasteiger partial charge on any atom is -0.747 e. The molecule has 0 spiro atoms. The van der Waals surface area contributed by atoms with E-state index in [1.165, 1.54) is 9.47 Å².